The van der Waals surface area contributed by atoms with Gasteiger partial charge in [-0.3, -0.25) is 0 Å². The molecule has 42 heavy (non-hydrogen) atoms. The van der Waals surface area contributed by atoms with Gasteiger partial charge in [-0.25, -0.2) is 0 Å². The van der Waals surface area contributed by atoms with Crippen molar-refractivity contribution in [3.05, 3.63) is 180 Å². The fourth-order valence-electron chi connectivity index (χ4n) is 7.43. The second kappa shape index (κ2) is 8.80. The second-order valence-corrected chi connectivity index (χ2v) is 11.2. The lowest BCUT2D eigenvalue weighted by Crippen LogP contribution is -2.28. The highest BCUT2D eigenvalue weighted by Gasteiger charge is 2.46. The second-order valence-electron chi connectivity index (χ2n) is 11.2. The van der Waals surface area contributed by atoms with Crippen LogP contribution in [0.2, 0.25) is 0 Å². The topological polar surface area (TPSA) is 9.23 Å². The molecule has 9 rings (SSSR count). The molecule has 1 heterocycles. The summed E-state index contributed by atoms with van der Waals surface area (Å²) in [5.74, 6) is 1.84. The van der Waals surface area contributed by atoms with Gasteiger partial charge >= 0.3 is 0 Å². The monoisotopic (exact) mass is 534 g/mol. The van der Waals surface area contributed by atoms with Crippen LogP contribution in [0.5, 0.6) is 11.5 Å². The molecular weight excluding hydrogens is 508 g/mol. The summed E-state index contributed by atoms with van der Waals surface area (Å²) in [6.45, 7) is 0. The molecule has 1 heteroatoms. The van der Waals surface area contributed by atoms with Crippen LogP contribution in [0.15, 0.2) is 158 Å². The molecule has 196 valence electrons. The molecule has 0 atom stereocenters. The predicted molar refractivity (Wildman–Crippen MR) is 172 cm³/mol. The fourth-order valence-corrected chi connectivity index (χ4v) is 7.43. The highest BCUT2D eigenvalue weighted by atomic mass is 16.5. The summed E-state index contributed by atoms with van der Waals surface area (Å²) >= 11 is 0. The summed E-state index contributed by atoms with van der Waals surface area (Å²) in [5.41, 5.74) is 12.0. The zero-order chi connectivity index (χ0) is 27.7. The molecule has 1 aliphatic heterocycles. The number of hydrogen-bond donors (Lipinski definition) is 0. The summed E-state index contributed by atoms with van der Waals surface area (Å²) in [5, 5.41) is 2.39. The molecule has 0 spiro atoms. The Bertz CT molecular complexity index is 2110. The van der Waals surface area contributed by atoms with Crippen molar-refractivity contribution in [1.29, 1.82) is 0 Å². The largest absolute Gasteiger partial charge is 0.455 e. The molecule has 0 bridgehead atoms. The lowest BCUT2D eigenvalue weighted by atomic mass is 9.67. The van der Waals surface area contributed by atoms with E-state index >= 15 is 0 Å². The van der Waals surface area contributed by atoms with Gasteiger partial charge in [0.1, 0.15) is 11.5 Å². The van der Waals surface area contributed by atoms with E-state index in [2.05, 4.69) is 158 Å². The third-order valence-corrected chi connectivity index (χ3v) is 9.15. The van der Waals surface area contributed by atoms with E-state index in [-0.39, 0.29) is 0 Å². The lowest BCUT2D eigenvalue weighted by molar-refractivity contribution is 0.489. The highest BCUT2D eigenvalue weighted by molar-refractivity contribution is 6.05. The third kappa shape index (κ3) is 3.08. The maximum atomic E-state index is 6.70. The minimum Gasteiger partial charge on any atom is -0.455 e. The number of ether oxygens (including phenoxy) is 1. The lowest BCUT2D eigenvalue weighted by Gasteiger charge is -2.34. The summed E-state index contributed by atoms with van der Waals surface area (Å²) in [6.07, 6.45) is 0. The molecule has 0 N–H and O–H groups in total. The van der Waals surface area contributed by atoms with Gasteiger partial charge in [-0.1, -0.05) is 146 Å². The normalized spacial score (nSPS) is 13.6. The number of para-hydroxylation sites is 1. The molecule has 0 unspecified atom stereocenters. The minimum absolute atomic E-state index is 0.395. The van der Waals surface area contributed by atoms with E-state index in [1.807, 2.05) is 0 Å². The smallest absolute Gasteiger partial charge is 0.143 e. The summed E-state index contributed by atoms with van der Waals surface area (Å²) in [6, 6.07) is 57.2. The van der Waals surface area contributed by atoms with E-state index in [1.54, 1.807) is 0 Å². The standard InChI is InChI=1S/C41H26O/c1-3-14-29(15-4-1)41(30-16-5-2-6-17-30)36-22-8-7-18-32(36)35-26-28(24-25-37(35)41)31-19-11-21-34-33-20-9-12-27-13-10-23-38(39(27)33)42-40(31)34/h1-26H. The molecule has 0 fully saturated rings. The minimum atomic E-state index is -0.395. The average molecular weight is 535 g/mol. The van der Waals surface area contributed by atoms with Gasteiger partial charge in [0, 0.05) is 16.5 Å². The van der Waals surface area contributed by atoms with Gasteiger partial charge in [-0.2, -0.15) is 0 Å². The maximum Gasteiger partial charge on any atom is 0.143 e. The Balaban J connectivity index is 1.30. The van der Waals surface area contributed by atoms with E-state index < -0.39 is 5.41 Å². The maximum absolute atomic E-state index is 6.70. The van der Waals surface area contributed by atoms with Gasteiger partial charge in [-0.15, -0.1) is 0 Å². The Morgan fingerprint density at radius 3 is 1.79 bits per heavy atom. The van der Waals surface area contributed by atoms with Crippen LogP contribution in [0, 0.1) is 0 Å². The van der Waals surface area contributed by atoms with Gasteiger partial charge in [0.05, 0.1) is 5.41 Å². The van der Waals surface area contributed by atoms with Crippen LogP contribution in [-0.4, -0.2) is 0 Å². The summed E-state index contributed by atoms with van der Waals surface area (Å²) in [4.78, 5) is 0. The van der Waals surface area contributed by atoms with Crippen molar-refractivity contribution >= 4 is 10.8 Å². The van der Waals surface area contributed by atoms with E-state index in [0.717, 1.165) is 28.2 Å². The molecule has 0 saturated heterocycles. The zero-order valence-electron chi connectivity index (χ0n) is 22.9. The van der Waals surface area contributed by atoms with Crippen molar-refractivity contribution in [3.8, 4) is 44.9 Å². The first kappa shape index (κ1) is 23.3. The van der Waals surface area contributed by atoms with Crippen LogP contribution in [0.3, 0.4) is 0 Å². The van der Waals surface area contributed by atoms with Crippen LogP contribution in [0.4, 0.5) is 0 Å². The van der Waals surface area contributed by atoms with E-state index in [1.165, 1.54) is 49.7 Å². The summed E-state index contributed by atoms with van der Waals surface area (Å²) in [7, 11) is 0. The van der Waals surface area contributed by atoms with Crippen LogP contribution in [0.25, 0.3) is 44.2 Å². The highest BCUT2D eigenvalue weighted by Crippen LogP contribution is 2.57. The molecule has 7 aromatic rings. The molecule has 2 aliphatic rings. The number of rotatable bonds is 3. The van der Waals surface area contributed by atoms with Crippen LogP contribution in [0.1, 0.15) is 22.3 Å². The fraction of sp³-hybridized carbons (Fsp3) is 0.0244. The zero-order valence-corrected chi connectivity index (χ0v) is 22.9. The van der Waals surface area contributed by atoms with Crippen molar-refractivity contribution in [3.63, 3.8) is 0 Å². The van der Waals surface area contributed by atoms with Crippen LogP contribution in [-0.2, 0) is 5.41 Å². The van der Waals surface area contributed by atoms with Crippen molar-refractivity contribution in [2.75, 3.05) is 0 Å². The SMILES string of the molecule is c1ccc(C2(c3ccccc3)c3ccccc3-c3cc(-c4cccc5c4Oc4cccc6cccc-5c46)ccc32)cc1. The molecule has 0 amide bonds. The Hall–Kier alpha value is -5.40. The van der Waals surface area contributed by atoms with Gasteiger partial charge in [0.15, 0.2) is 0 Å². The first-order valence-corrected chi connectivity index (χ1v) is 14.5. The number of fused-ring (bicyclic) bond motifs is 5. The predicted octanol–water partition coefficient (Wildman–Crippen LogP) is 10.6. The Morgan fingerprint density at radius 2 is 1.00 bits per heavy atom. The van der Waals surface area contributed by atoms with E-state index in [9.17, 15) is 0 Å². The van der Waals surface area contributed by atoms with Gasteiger partial charge in [-0.05, 0) is 62.0 Å². The Morgan fingerprint density at radius 1 is 0.405 bits per heavy atom. The number of benzene rings is 7. The third-order valence-electron chi connectivity index (χ3n) is 9.15. The van der Waals surface area contributed by atoms with Crippen molar-refractivity contribution in [2.24, 2.45) is 0 Å². The van der Waals surface area contributed by atoms with Gasteiger partial charge < -0.3 is 4.74 Å². The van der Waals surface area contributed by atoms with Crippen molar-refractivity contribution < 1.29 is 4.74 Å². The van der Waals surface area contributed by atoms with E-state index in [0.29, 0.717) is 0 Å². The van der Waals surface area contributed by atoms with E-state index in [4.69, 9.17) is 4.74 Å². The van der Waals surface area contributed by atoms with Crippen LogP contribution < -0.4 is 4.74 Å². The summed E-state index contributed by atoms with van der Waals surface area (Å²) < 4.78 is 6.70. The first-order valence-electron chi connectivity index (χ1n) is 14.5. The molecule has 0 radical (unpaired) electrons. The Labute approximate surface area is 245 Å². The molecule has 7 aromatic carbocycles. The van der Waals surface area contributed by atoms with Crippen LogP contribution >= 0.6 is 0 Å². The van der Waals surface area contributed by atoms with Gasteiger partial charge in [0.25, 0.3) is 0 Å². The molecule has 1 aliphatic carbocycles. The molecule has 0 aromatic heterocycles. The number of hydrogen-bond acceptors (Lipinski definition) is 1. The van der Waals surface area contributed by atoms with Crippen molar-refractivity contribution in [2.45, 2.75) is 5.41 Å². The van der Waals surface area contributed by atoms with Gasteiger partial charge in [0.2, 0.25) is 0 Å². The van der Waals surface area contributed by atoms with Crippen molar-refractivity contribution in [1.82, 2.24) is 0 Å². The quantitative estimate of drug-likeness (QED) is 0.219. The molecular formula is C41H26O. The Kier molecular flexibility index (Phi) is 4.88. The molecule has 0 saturated carbocycles. The molecule has 1 nitrogen and oxygen atoms in total. The average Bonchev–Trinajstić information content (AvgIpc) is 3.36. The first-order chi connectivity index (χ1) is 20.8.